The molecule has 0 aliphatic carbocycles. The van der Waals surface area contributed by atoms with Crippen LogP contribution in [0.1, 0.15) is 26.7 Å². The minimum atomic E-state index is -0.706. The van der Waals surface area contributed by atoms with Crippen molar-refractivity contribution in [2.75, 3.05) is 19.8 Å². The van der Waals surface area contributed by atoms with Gasteiger partial charge in [0.2, 0.25) is 0 Å². The molecule has 0 N–H and O–H groups in total. The number of amides is 2. The van der Waals surface area contributed by atoms with E-state index in [1.54, 1.807) is 13.8 Å². The Hall–Kier alpha value is -1.79. The van der Waals surface area contributed by atoms with Crippen LogP contribution in [0.2, 0.25) is 0 Å². The monoisotopic (exact) mass is 258 g/mol. The molecular formula is C11H18N2O5. The van der Waals surface area contributed by atoms with Crippen molar-refractivity contribution in [2.24, 2.45) is 0 Å². The molecule has 1 heterocycles. The molecule has 18 heavy (non-hydrogen) atoms. The standard InChI is InChI=1S/C11H18N2O5/c1-3-17-10(15)12-7-5-6-9(8-14)13(12)11(16)18-4-2/h8-9H,3-7H2,1-2H3. The van der Waals surface area contributed by atoms with Crippen LogP contribution in [0.15, 0.2) is 0 Å². The summed E-state index contributed by atoms with van der Waals surface area (Å²) in [5.41, 5.74) is 0. The third kappa shape index (κ3) is 3.12. The maximum absolute atomic E-state index is 11.8. The van der Waals surface area contributed by atoms with E-state index in [-0.39, 0.29) is 13.2 Å². The fourth-order valence-electron chi connectivity index (χ4n) is 1.79. The second-order valence-electron chi connectivity index (χ2n) is 3.71. The van der Waals surface area contributed by atoms with Gasteiger partial charge in [0.1, 0.15) is 12.3 Å². The molecule has 7 nitrogen and oxygen atoms in total. The number of carbonyl (C=O) groups excluding carboxylic acids is 3. The average molecular weight is 258 g/mol. The normalized spacial score (nSPS) is 19.3. The molecule has 1 saturated heterocycles. The largest absolute Gasteiger partial charge is 0.448 e. The van der Waals surface area contributed by atoms with E-state index in [2.05, 4.69) is 0 Å². The highest BCUT2D eigenvalue weighted by Gasteiger charge is 2.37. The van der Waals surface area contributed by atoms with Gasteiger partial charge in [0.15, 0.2) is 0 Å². The van der Waals surface area contributed by atoms with Crippen LogP contribution in [0.4, 0.5) is 9.59 Å². The first kappa shape index (κ1) is 14.3. The van der Waals surface area contributed by atoms with Crippen LogP contribution in [0, 0.1) is 0 Å². The highest BCUT2D eigenvalue weighted by molar-refractivity contribution is 5.78. The molecule has 0 spiro atoms. The van der Waals surface area contributed by atoms with Gasteiger partial charge in [0.25, 0.3) is 0 Å². The van der Waals surface area contributed by atoms with Crippen LogP contribution < -0.4 is 0 Å². The van der Waals surface area contributed by atoms with E-state index in [1.807, 2.05) is 0 Å². The molecule has 1 aliphatic heterocycles. The van der Waals surface area contributed by atoms with Crippen molar-refractivity contribution in [3.63, 3.8) is 0 Å². The number of carbonyl (C=O) groups is 3. The lowest BCUT2D eigenvalue weighted by Gasteiger charge is -2.39. The lowest BCUT2D eigenvalue weighted by molar-refractivity contribution is -0.122. The Labute approximate surface area is 106 Å². The molecule has 1 aliphatic rings. The first-order valence-electron chi connectivity index (χ1n) is 6.01. The quantitative estimate of drug-likeness (QED) is 0.710. The predicted octanol–water partition coefficient (Wildman–Crippen LogP) is 1.18. The van der Waals surface area contributed by atoms with Crippen LogP contribution in [0.5, 0.6) is 0 Å². The maximum Gasteiger partial charge on any atom is 0.429 e. The van der Waals surface area contributed by atoms with E-state index in [1.165, 1.54) is 0 Å². The SMILES string of the molecule is CCOC(=O)N1CCCC(C=O)N1C(=O)OCC. The van der Waals surface area contributed by atoms with Crippen molar-refractivity contribution in [1.29, 1.82) is 0 Å². The van der Waals surface area contributed by atoms with E-state index >= 15 is 0 Å². The van der Waals surface area contributed by atoms with E-state index in [0.717, 1.165) is 10.0 Å². The molecule has 0 radical (unpaired) electrons. The van der Waals surface area contributed by atoms with Crippen molar-refractivity contribution < 1.29 is 23.9 Å². The van der Waals surface area contributed by atoms with Crippen molar-refractivity contribution in [3.8, 4) is 0 Å². The Morgan fingerprint density at radius 1 is 1.22 bits per heavy atom. The third-order valence-corrected chi connectivity index (χ3v) is 2.53. The fourth-order valence-corrected chi connectivity index (χ4v) is 1.79. The Morgan fingerprint density at radius 2 is 1.83 bits per heavy atom. The van der Waals surface area contributed by atoms with Crippen molar-refractivity contribution in [2.45, 2.75) is 32.7 Å². The van der Waals surface area contributed by atoms with E-state index in [0.29, 0.717) is 25.7 Å². The number of hydrazine groups is 1. The summed E-state index contributed by atoms with van der Waals surface area (Å²) in [6.07, 6.45) is 0.443. The summed E-state index contributed by atoms with van der Waals surface area (Å²) in [7, 11) is 0. The molecule has 0 bridgehead atoms. The summed E-state index contributed by atoms with van der Waals surface area (Å²) in [6.45, 7) is 4.05. The van der Waals surface area contributed by atoms with Gasteiger partial charge in [-0.05, 0) is 26.7 Å². The Morgan fingerprint density at radius 3 is 2.39 bits per heavy atom. The molecular weight excluding hydrogens is 240 g/mol. The molecule has 1 atom stereocenters. The first-order chi connectivity index (χ1) is 8.65. The molecule has 102 valence electrons. The summed E-state index contributed by atoms with van der Waals surface area (Å²) >= 11 is 0. The minimum Gasteiger partial charge on any atom is -0.448 e. The zero-order valence-corrected chi connectivity index (χ0v) is 10.6. The van der Waals surface area contributed by atoms with Gasteiger partial charge in [-0.15, -0.1) is 0 Å². The zero-order valence-electron chi connectivity index (χ0n) is 10.6. The first-order valence-corrected chi connectivity index (χ1v) is 6.01. The molecule has 0 aromatic rings. The molecule has 1 unspecified atom stereocenters. The zero-order chi connectivity index (χ0) is 13.5. The molecule has 1 rings (SSSR count). The molecule has 7 heteroatoms. The smallest absolute Gasteiger partial charge is 0.429 e. The Bertz CT molecular complexity index is 321. The van der Waals surface area contributed by atoms with E-state index < -0.39 is 18.2 Å². The summed E-state index contributed by atoms with van der Waals surface area (Å²) in [5.74, 6) is 0. The second-order valence-corrected chi connectivity index (χ2v) is 3.71. The van der Waals surface area contributed by atoms with Crippen LogP contribution in [-0.4, -0.2) is 54.3 Å². The summed E-state index contributed by atoms with van der Waals surface area (Å²) in [4.78, 5) is 34.5. The number of hydrogen-bond donors (Lipinski definition) is 0. The fraction of sp³-hybridized carbons (Fsp3) is 0.727. The molecule has 0 saturated carbocycles. The molecule has 0 aromatic heterocycles. The lowest BCUT2D eigenvalue weighted by Crippen LogP contribution is -2.58. The summed E-state index contributed by atoms with van der Waals surface area (Å²) < 4.78 is 9.70. The van der Waals surface area contributed by atoms with Gasteiger partial charge in [-0.2, -0.15) is 0 Å². The molecule has 0 aromatic carbocycles. The van der Waals surface area contributed by atoms with Crippen molar-refractivity contribution in [3.05, 3.63) is 0 Å². The number of rotatable bonds is 3. The van der Waals surface area contributed by atoms with Gasteiger partial charge in [0.05, 0.1) is 13.2 Å². The van der Waals surface area contributed by atoms with Gasteiger partial charge in [0, 0.05) is 6.54 Å². The van der Waals surface area contributed by atoms with Crippen LogP contribution >= 0.6 is 0 Å². The third-order valence-electron chi connectivity index (χ3n) is 2.53. The second kappa shape index (κ2) is 6.83. The Balaban J connectivity index is 2.86. The topological polar surface area (TPSA) is 76.2 Å². The number of ether oxygens (including phenoxy) is 2. The van der Waals surface area contributed by atoms with Gasteiger partial charge in [-0.3, -0.25) is 0 Å². The average Bonchev–Trinajstić information content (AvgIpc) is 2.38. The van der Waals surface area contributed by atoms with Gasteiger partial charge in [-0.1, -0.05) is 0 Å². The molecule has 1 fully saturated rings. The van der Waals surface area contributed by atoms with Crippen LogP contribution in [0.25, 0.3) is 0 Å². The number of hydrogen-bond acceptors (Lipinski definition) is 5. The van der Waals surface area contributed by atoms with Crippen molar-refractivity contribution >= 4 is 18.5 Å². The Kier molecular flexibility index (Phi) is 5.41. The minimum absolute atomic E-state index is 0.178. The highest BCUT2D eigenvalue weighted by atomic mass is 16.6. The van der Waals surface area contributed by atoms with Gasteiger partial charge >= 0.3 is 12.2 Å². The van der Waals surface area contributed by atoms with Crippen LogP contribution in [0.3, 0.4) is 0 Å². The summed E-state index contributed by atoms with van der Waals surface area (Å²) in [6, 6.07) is -0.679. The lowest BCUT2D eigenvalue weighted by atomic mass is 10.1. The van der Waals surface area contributed by atoms with Crippen molar-refractivity contribution in [1.82, 2.24) is 10.0 Å². The van der Waals surface area contributed by atoms with Gasteiger partial charge in [-0.25, -0.2) is 19.6 Å². The summed E-state index contributed by atoms with van der Waals surface area (Å²) in [5, 5.41) is 2.17. The number of aldehydes is 1. The number of nitrogens with zero attached hydrogens (tertiary/aromatic N) is 2. The van der Waals surface area contributed by atoms with E-state index in [4.69, 9.17) is 9.47 Å². The maximum atomic E-state index is 11.8. The highest BCUT2D eigenvalue weighted by Crippen LogP contribution is 2.19. The van der Waals surface area contributed by atoms with E-state index in [9.17, 15) is 14.4 Å². The van der Waals surface area contributed by atoms with Crippen LogP contribution in [-0.2, 0) is 14.3 Å². The predicted molar refractivity (Wildman–Crippen MR) is 61.7 cm³/mol. The van der Waals surface area contributed by atoms with Gasteiger partial charge < -0.3 is 14.3 Å². The molecule has 2 amide bonds.